The van der Waals surface area contributed by atoms with E-state index in [0.29, 0.717) is 13.0 Å². The molecular formula is C20H22N2O4. The van der Waals surface area contributed by atoms with Crippen molar-refractivity contribution in [3.63, 3.8) is 0 Å². The predicted octanol–water partition coefficient (Wildman–Crippen LogP) is 2.31. The summed E-state index contributed by atoms with van der Waals surface area (Å²) in [5, 5.41) is 11.8. The Morgan fingerprint density at radius 3 is 2.73 bits per heavy atom. The van der Waals surface area contributed by atoms with E-state index >= 15 is 0 Å². The van der Waals surface area contributed by atoms with Gasteiger partial charge in [0.25, 0.3) is 11.5 Å². The van der Waals surface area contributed by atoms with E-state index in [1.54, 1.807) is 18.2 Å². The van der Waals surface area contributed by atoms with Gasteiger partial charge in [-0.25, -0.2) is 4.79 Å². The van der Waals surface area contributed by atoms with Crippen molar-refractivity contribution in [3.8, 4) is 0 Å². The zero-order valence-corrected chi connectivity index (χ0v) is 14.5. The molecule has 0 saturated carbocycles. The molecule has 0 spiro atoms. The standard InChI is InChI=1S/C20H22N2O4/c23-18(21-10-9-13-5-4-7-15(11-13)20(25)26)16-12-14-6-2-1-3-8-17(14)22-19(16)24/h4-5,7,11-12H,1-3,6,8-10H2,(H,21,23)(H,22,24)(H,25,26). The number of hydrogen-bond acceptors (Lipinski definition) is 3. The quantitative estimate of drug-likeness (QED) is 0.718. The normalized spacial score (nSPS) is 13.5. The summed E-state index contributed by atoms with van der Waals surface area (Å²) < 4.78 is 0. The molecule has 0 bridgehead atoms. The molecule has 1 heterocycles. The van der Waals surface area contributed by atoms with Crippen molar-refractivity contribution in [2.45, 2.75) is 38.5 Å². The Morgan fingerprint density at radius 1 is 1.12 bits per heavy atom. The average Bonchev–Trinajstić information content (AvgIpc) is 2.86. The highest BCUT2D eigenvalue weighted by molar-refractivity contribution is 5.94. The van der Waals surface area contributed by atoms with Crippen molar-refractivity contribution in [2.24, 2.45) is 0 Å². The van der Waals surface area contributed by atoms with E-state index in [1.807, 2.05) is 6.07 Å². The molecule has 136 valence electrons. The number of rotatable bonds is 5. The first-order valence-corrected chi connectivity index (χ1v) is 8.90. The minimum atomic E-state index is -0.979. The van der Waals surface area contributed by atoms with Gasteiger partial charge in [0.05, 0.1) is 5.56 Å². The van der Waals surface area contributed by atoms with Gasteiger partial charge in [0, 0.05) is 12.2 Å². The summed E-state index contributed by atoms with van der Waals surface area (Å²) in [5.74, 6) is -1.37. The largest absolute Gasteiger partial charge is 0.478 e. The van der Waals surface area contributed by atoms with Crippen LogP contribution in [-0.4, -0.2) is 28.5 Å². The van der Waals surface area contributed by atoms with Gasteiger partial charge in [-0.3, -0.25) is 9.59 Å². The van der Waals surface area contributed by atoms with Gasteiger partial charge in [-0.05, 0) is 61.4 Å². The Labute approximate surface area is 151 Å². The highest BCUT2D eigenvalue weighted by atomic mass is 16.4. The molecule has 1 aromatic heterocycles. The Balaban J connectivity index is 1.65. The van der Waals surface area contributed by atoms with Gasteiger partial charge in [0.15, 0.2) is 0 Å². The van der Waals surface area contributed by atoms with Crippen LogP contribution in [0.1, 0.15) is 56.8 Å². The third kappa shape index (κ3) is 4.20. The predicted molar refractivity (Wildman–Crippen MR) is 97.8 cm³/mol. The van der Waals surface area contributed by atoms with Gasteiger partial charge >= 0.3 is 5.97 Å². The van der Waals surface area contributed by atoms with E-state index in [1.165, 1.54) is 6.07 Å². The second kappa shape index (κ2) is 7.99. The first kappa shape index (κ1) is 17.9. The monoisotopic (exact) mass is 354 g/mol. The fourth-order valence-electron chi connectivity index (χ4n) is 3.30. The smallest absolute Gasteiger partial charge is 0.335 e. The Hall–Kier alpha value is -2.89. The van der Waals surface area contributed by atoms with Crippen molar-refractivity contribution in [2.75, 3.05) is 6.54 Å². The third-order valence-electron chi connectivity index (χ3n) is 4.71. The molecule has 0 atom stereocenters. The molecule has 1 aliphatic rings. The van der Waals surface area contributed by atoms with Crippen molar-refractivity contribution in [3.05, 3.63) is 68.6 Å². The Bertz CT molecular complexity index is 886. The van der Waals surface area contributed by atoms with Gasteiger partial charge in [0.2, 0.25) is 0 Å². The molecule has 0 aliphatic heterocycles. The zero-order valence-electron chi connectivity index (χ0n) is 14.5. The zero-order chi connectivity index (χ0) is 18.5. The molecule has 1 aliphatic carbocycles. The number of carboxylic acid groups (broad SMARTS) is 1. The number of pyridine rings is 1. The minimum absolute atomic E-state index is 0.143. The summed E-state index contributed by atoms with van der Waals surface area (Å²) in [6.07, 6.45) is 5.49. The first-order valence-electron chi connectivity index (χ1n) is 8.90. The van der Waals surface area contributed by atoms with Crippen molar-refractivity contribution in [1.29, 1.82) is 0 Å². The lowest BCUT2D eigenvalue weighted by Crippen LogP contribution is -2.31. The topological polar surface area (TPSA) is 99.3 Å². The van der Waals surface area contributed by atoms with E-state index in [4.69, 9.17) is 5.11 Å². The van der Waals surface area contributed by atoms with Gasteiger partial charge in [-0.15, -0.1) is 0 Å². The van der Waals surface area contributed by atoms with Gasteiger partial charge in [0.1, 0.15) is 5.56 Å². The van der Waals surface area contributed by atoms with E-state index in [9.17, 15) is 14.4 Å². The van der Waals surface area contributed by atoms with Crippen LogP contribution in [0.3, 0.4) is 0 Å². The highest BCUT2D eigenvalue weighted by Gasteiger charge is 2.16. The molecule has 0 saturated heterocycles. The number of aromatic carboxylic acids is 1. The summed E-state index contributed by atoms with van der Waals surface area (Å²) in [4.78, 5) is 38.4. The molecule has 2 aromatic rings. The first-order chi connectivity index (χ1) is 12.5. The lowest BCUT2D eigenvalue weighted by molar-refractivity contribution is 0.0696. The summed E-state index contributed by atoms with van der Waals surface area (Å²) in [5.41, 5.74) is 2.84. The number of fused-ring (bicyclic) bond motifs is 1. The third-order valence-corrected chi connectivity index (χ3v) is 4.71. The molecule has 0 unspecified atom stereocenters. The molecule has 3 rings (SSSR count). The Morgan fingerprint density at radius 2 is 1.92 bits per heavy atom. The fourth-order valence-corrected chi connectivity index (χ4v) is 3.30. The molecule has 6 nitrogen and oxygen atoms in total. The number of aromatic amines is 1. The van der Waals surface area contributed by atoms with Crippen LogP contribution in [-0.2, 0) is 19.3 Å². The molecule has 6 heteroatoms. The van der Waals surface area contributed by atoms with Crippen molar-refractivity contribution < 1.29 is 14.7 Å². The fraction of sp³-hybridized carbons (Fsp3) is 0.350. The maximum atomic E-state index is 12.4. The molecule has 1 aromatic carbocycles. The number of carbonyl (C=O) groups excluding carboxylic acids is 1. The summed E-state index contributed by atoms with van der Waals surface area (Å²) >= 11 is 0. The summed E-state index contributed by atoms with van der Waals surface area (Å²) in [6.45, 7) is 0.332. The average molecular weight is 354 g/mol. The second-order valence-electron chi connectivity index (χ2n) is 6.59. The second-order valence-corrected chi connectivity index (χ2v) is 6.59. The Kier molecular flexibility index (Phi) is 5.51. The molecule has 0 radical (unpaired) electrons. The van der Waals surface area contributed by atoms with Gasteiger partial charge in [-0.1, -0.05) is 18.6 Å². The van der Waals surface area contributed by atoms with Crippen molar-refractivity contribution in [1.82, 2.24) is 10.3 Å². The van der Waals surface area contributed by atoms with Crippen LogP contribution in [0.5, 0.6) is 0 Å². The van der Waals surface area contributed by atoms with Crippen molar-refractivity contribution >= 4 is 11.9 Å². The minimum Gasteiger partial charge on any atom is -0.478 e. The number of aryl methyl sites for hydroxylation is 2. The molecule has 1 amide bonds. The van der Waals surface area contributed by atoms with Crippen LogP contribution in [0.4, 0.5) is 0 Å². The van der Waals surface area contributed by atoms with Crippen LogP contribution in [0.15, 0.2) is 35.1 Å². The highest BCUT2D eigenvalue weighted by Crippen LogP contribution is 2.18. The van der Waals surface area contributed by atoms with E-state index in [0.717, 1.165) is 48.9 Å². The lowest BCUT2D eigenvalue weighted by atomic mass is 10.1. The van der Waals surface area contributed by atoms with Crippen LogP contribution in [0.2, 0.25) is 0 Å². The molecule has 3 N–H and O–H groups in total. The number of nitrogens with one attached hydrogen (secondary N) is 2. The maximum Gasteiger partial charge on any atom is 0.335 e. The van der Waals surface area contributed by atoms with Gasteiger partial charge < -0.3 is 15.4 Å². The summed E-state index contributed by atoms with van der Waals surface area (Å²) in [6, 6.07) is 8.33. The van der Waals surface area contributed by atoms with Crippen LogP contribution in [0.25, 0.3) is 0 Å². The van der Waals surface area contributed by atoms with E-state index in [-0.39, 0.29) is 16.7 Å². The molecule has 26 heavy (non-hydrogen) atoms. The number of benzene rings is 1. The van der Waals surface area contributed by atoms with Crippen LogP contribution >= 0.6 is 0 Å². The van der Waals surface area contributed by atoms with E-state index in [2.05, 4.69) is 10.3 Å². The van der Waals surface area contributed by atoms with Crippen LogP contribution < -0.4 is 10.9 Å². The number of H-pyrrole nitrogens is 1. The summed E-state index contributed by atoms with van der Waals surface area (Å²) in [7, 11) is 0. The number of aromatic nitrogens is 1. The maximum absolute atomic E-state index is 12.4. The SMILES string of the molecule is O=C(O)c1cccc(CCNC(=O)c2cc3c([nH]c2=O)CCCCC3)c1. The van der Waals surface area contributed by atoms with Gasteiger partial charge in [-0.2, -0.15) is 0 Å². The number of carboxylic acids is 1. The van der Waals surface area contributed by atoms with Crippen LogP contribution in [0, 0.1) is 0 Å². The van der Waals surface area contributed by atoms with E-state index < -0.39 is 11.9 Å². The number of hydrogen-bond donors (Lipinski definition) is 3. The number of amides is 1. The lowest BCUT2D eigenvalue weighted by Gasteiger charge is -2.09. The number of carbonyl (C=O) groups is 2. The molecular weight excluding hydrogens is 332 g/mol. The molecule has 0 fully saturated rings.